The third kappa shape index (κ3) is 2.67. The molecule has 0 heterocycles. The van der Waals surface area contributed by atoms with Crippen LogP contribution in [-0.2, 0) is 4.79 Å². The number of hydrogen-bond donors (Lipinski definition) is 2. The van der Waals surface area contributed by atoms with Gasteiger partial charge in [0, 0.05) is 11.7 Å². The summed E-state index contributed by atoms with van der Waals surface area (Å²) in [6.45, 7) is 1.81. The van der Waals surface area contributed by atoms with E-state index in [0.717, 1.165) is 24.8 Å². The number of amides is 1. The Bertz CT molecular complexity index is 500. The molecule has 1 aromatic rings. The van der Waals surface area contributed by atoms with Crippen molar-refractivity contribution in [3.05, 3.63) is 29.6 Å². The van der Waals surface area contributed by atoms with Gasteiger partial charge in [0.05, 0.1) is 5.92 Å². The van der Waals surface area contributed by atoms with Crippen molar-refractivity contribution in [3.8, 4) is 0 Å². The van der Waals surface area contributed by atoms with Gasteiger partial charge < -0.3 is 11.1 Å². The minimum Gasteiger partial charge on any atom is -0.327 e. The van der Waals surface area contributed by atoms with Crippen LogP contribution in [0, 0.1) is 30.5 Å². The molecule has 0 radical (unpaired) electrons. The van der Waals surface area contributed by atoms with Crippen LogP contribution in [-0.4, -0.2) is 11.9 Å². The first-order valence-electron chi connectivity index (χ1n) is 6.88. The summed E-state index contributed by atoms with van der Waals surface area (Å²) in [7, 11) is 0. The molecular weight excluding hydrogens is 279 g/mol. The molecule has 2 aliphatic carbocycles. The van der Waals surface area contributed by atoms with Gasteiger partial charge in [0.15, 0.2) is 0 Å². The molecule has 20 heavy (non-hydrogen) atoms. The molecule has 3 rings (SSSR count). The van der Waals surface area contributed by atoms with E-state index in [2.05, 4.69) is 5.32 Å². The van der Waals surface area contributed by atoms with Gasteiger partial charge in [-0.3, -0.25) is 4.79 Å². The smallest absolute Gasteiger partial charge is 0.229 e. The van der Waals surface area contributed by atoms with Crippen LogP contribution in [0.2, 0.25) is 0 Å². The molecule has 1 amide bonds. The number of rotatable bonds is 2. The molecule has 0 saturated heterocycles. The molecule has 0 aromatic heterocycles. The van der Waals surface area contributed by atoms with Crippen LogP contribution >= 0.6 is 12.4 Å². The molecular formula is C15H20ClFN2O. The molecule has 4 unspecified atom stereocenters. The van der Waals surface area contributed by atoms with E-state index in [1.54, 1.807) is 6.07 Å². The Balaban J connectivity index is 0.00000147. The lowest BCUT2D eigenvalue weighted by Gasteiger charge is -2.27. The van der Waals surface area contributed by atoms with Gasteiger partial charge in [-0.2, -0.15) is 0 Å². The summed E-state index contributed by atoms with van der Waals surface area (Å²) >= 11 is 0. The monoisotopic (exact) mass is 298 g/mol. The number of carbonyl (C=O) groups excluding carboxylic acids is 1. The largest absolute Gasteiger partial charge is 0.327 e. The van der Waals surface area contributed by atoms with Gasteiger partial charge >= 0.3 is 0 Å². The predicted octanol–water partition coefficient (Wildman–Crippen LogP) is 2.87. The Morgan fingerprint density at radius 1 is 1.30 bits per heavy atom. The second-order valence-corrected chi connectivity index (χ2v) is 5.94. The maximum absolute atomic E-state index is 13.3. The number of aryl methyl sites for hydroxylation is 1. The van der Waals surface area contributed by atoms with E-state index in [0.29, 0.717) is 17.5 Å². The summed E-state index contributed by atoms with van der Waals surface area (Å²) in [6, 6.07) is 4.54. The van der Waals surface area contributed by atoms with Gasteiger partial charge in [0.1, 0.15) is 5.82 Å². The Morgan fingerprint density at radius 2 is 2.00 bits per heavy atom. The molecule has 0 spiro atoms. The van der Waals surface area contributed by atoms with Gasteiger partial charge in [0.2, 0.25) is 5.91 Å². The number of halogens is 2. The Hall–Kier alpha value is -1.13. The van der Waals surface area contributed by atoms with E-state index in [1.165, 1.54) is 12.1 Å². The average Bonchev–Trinajstić information content (AvgIpc) is 2.87. The number of anilines is 1. The van der Waals surface area contributed by atoms with Crippen LogP contribution in [0.15, 0.2) is 18.2 Å². The van der Waals surface area contributed by atoms with E-state index in [4.69, 9.17) is 5.73 Å². The van der Waals surface area contributed by atoms with Crippen LogP contribution in [0.5, 0.6) is 0 Å². The summed E-state index contributed by atoms with van der Waals surface area (Å²) < 4.78 is 13.3. The fraction of sp³-hybridized carbons (Fsp3) is 0.533. The first-order chi connectivity index (χ1) is 9.04. The summed E-state index contributed by atoms with van der Waals surface area (Å²) in [4.78, 5) is 12.3. The lowest BCUT2D eigenvalue weighted by molar-refractivity contribution is -0.121. The van der Waals surface area contributed by atoms with E-state index in [1.807, 2.05) is 6.92 Å². The van der Waals surface area contributed by atoms with E-state index < -0.39 is 0 Å². The van der Waals surface area contributed by atoms with Gasteiger partial charge in [-0.05, 0) is 61.8 Å². The van der Waals surface area contributed by atoms with Crippen LogP contribution < -0.4 is 11.1 Å². The Morgan fingerprint density at radius 3 is 2.60 bits per heavy atom. The quantitative estimate of drug-likeness (QED) is 0.882. The number of nitrogens with two attached hydrogens (primary N) is 1. The van der Waals surface area contributed by atoms with Crippen molar-refractivity contribution in [1.29, 1.82) is 0 Å². The number of carbonyl (C=O) groups is 1. The summed E-state index contributed by atoms with van der Waals surface area (Å²) in [5, 5.41) is 2.82. The lowest BCUT2D eigenvalue weighted by Crippen LogP contribution is -2.42. The highest BCUT2D eigenvalue weighted by Crippen LogP contribution is 2.47. The molecule has 1 aromatic carbocycles. The van der Waals surface area contributed by atoms with Crippen molar-refractivity contribution in [1.82, 2.24) is 0 Å². The predicted molar refractivity (Wildman–Crippen MR) is 79.3 cm³/mol. The first-order valence-corrected chi connectivity index (χ1v) is 6.88. The molecule has 0 aliphatic heterocycles. The van der Waals surface area contributed by atoms with Crippen LogP contribution in [0.3, 0.4) is 0 Å². The molecule has 2 saturated carbocycles. The van der Waals surface area contributed by atoms with Crippen molar-refractivity contribution in [2.45, 2.75) is 32.2 Å². The fourth-order valence-electron chi connectivity index (χ4n) is 3.76. The number of fused-ring (bicyclic) bond motifs is 2. The number of benzene rings is 1. The Labute approximate surface area is 124 Å². The van der Waals surface area contributed by atoms with Crippen molar-refractivity contribution in [3.63, 3.8) is 0 Å². The fourth-order valence-corrected chi connectivity index (χ4v) is 3.76. The second kappa shape index (κ2) is 5.70. The highest BCUT2D eigenvalue weighted by molar-refractivity contribution is 5.93. The Kier molecular flexibility index (Phi) is 4.35. The molecule has 2 fully saturated rings. The average molecular weight is 299 g/mol. The molecule has 110 valence electrons. The van der Waals surface area contributed by atoms with Crippen molar-refractivity contribution in [2.75, 3.05) is 5.32 Å². The van der Waals surface area contributed by atoms with E-state index in [-0.39, 0.29) is 36.1 Å². The van der Waals surface area contributed by atoms with Gasteiger partial charge in [-0.1, -0.05) is 0 Å². The van der Waals surface area contributed by atoms with Gasteiger partial charge in [-0.25, -0.2) is 4.39 Å². The lowest BCUT2D eigenvalue weighted by atomic mass is 9.84. The molecule has 5 heteroatoms. The summed E-state index contributed by atoms with van der Waals surface area (Å²) in [5.74, 6) is 0.421. The first kappa shape index (κ1) is 15.3. The molecule has 2 bridgehead atoms. The number of hydrogen-bond acceptors (Lipinski definition) is 2. The third-order valence-electron chi connectivity index (χ3n) is 4.59. The minimum atomic E-state index is -0.326. The topological polar surface area (TPSA) is 55.1 Å². The maximum Gasteiger partial charge on any atom is 0.229 e. The minimum absolute atomic E-state index is 0. The zero-order valence-corrected chi connectivity index (χ0v) is 12.3. The van der Waals surface area contributed by atoms with Crippen molar-refractivity contribution >= 4 is 24.0 Å². The SMILES string of the molecule is Cc1cc(F)cc(NC(=O)C2C3CCC(C3)C2N)c1.Cl. The normalized spacial score (nSPS) is 30.9. The zero-order valence-electron chi connectivity index (χ0n) is 11.4. The van der Waals surface area contributed by atoms with Crippen molar-refractivity contribution < 1.29 is 9.18 Å². The molecule has 3 N–H and O–H groups in total. The van der Waals surface area contributed by atoms with E-state index in [9.17, 15) is 9.18 Å². The summed E-state index contributed by atoms with van der Waals surface area (Å²) in [5.41, 5.74) is 7.47. The van der Waals surface area contributed by atoms with E-state index >= 15 is 0 Å². The number of nitrogens with one attached hydrogen (secondary N) is 1. The van der Waals surface area contributed by atoms with Crippen LogP contribution in [0.4, 0.5) is 10.1 Å². The van der Waals surface area contributed by atoms with Crippen LogP contribution in [0.1, 0.15) is 24.8 Å². The highest BCUT2D eigenvalue weighted by Gasteiger charge is 2.49. The third-order valence-corrected chi connectivity index (χ3v) is 4.59. The standard InChI is InChI=1S/C15H19FN2O.ClH/c1-8-4-11(16)7-12(5-8)18-15(19)13-9-2-3-10(6-9)14(13)17;/h4-5,7,9-10,13-14H,2-3,6,17H2,1H3,(H,18,19);1H. The highest BCUT2D eigenvalue weighted by atomic mass is 35.5. The maximum atomic E-state index is 13.3. The molecule has 2 aliphatic rings. The molecule has 3 nitrogen and oxygen atoms in total. The summed E-state index contributed by atoms with van der Waals surface area (Å²) in [6.07, 6.45) is 3.31. The molecule has 4 atom stereocenters. The van der Waals surface area contributed by atoms with Gasteiger partial charge in [0.25, 0.3) is 0 Å². The second-order valence-electron chi connectivity index (χ2n) is 5.94. The van der Waals surface area contributed by atoms with Crippen molar-refractivity contribution in [2.24, 2.45) is 23.5 Å². The van der Waals surface area contributed by atoms with Gasteiger partial charge in [-0.15, -0.1) is 12.4 Å². The zero-order chi connectivity index (χ0) is 13.6. The van der Waals surface area contributed by atoms with Crippen LogP contribution in [0.25, 0.3) is 0 Å².